The predicted molar refractivity (Wildman–Crippen MR) is 247 cm³/mol. The summed E-state index contributed by atoms with van der Waals surface area (Å²) in [4.78, 5) is 27.7. The second-order valence-electron chi connectivity index (χ2n) is 17.6. The lowest BCUT2D eigenvalue weighted by molar-refractivity contribution is -0.164. The summed E-state index contributed by atoms with van der Waals surface area (Å²) < 4.78 is 0. The number of hydrogen-bond acceptors (Lipinski definition) is 4. The normalized spacial score (nSPS) is 11.5. The van der Waals surface area contributed by atoms with Crippen LogP contribution in [0.3, 0.4) is 0 Å². The highest BCUT2D eigenvalue weighted by atomic mass is 16.2. The number of carbonyl (C=O) groups is 2. The van der Waals surface area contributed by atoms with Crippen molar-refractivity contribution in [1.29, 1.82) is 0 Å². The Kier molecular flexibility index (Phi) is 44.0. The minimum absolute atomic E-state index is 0.408. The Labute approximate surface area is 352 Å². The zero-order valence-corrected chi connectivity index (χ0v) is 38.8. The van der Waals surface area contributed by atoms with Gasteiger partial charge in [-0.1, -0.05) is 259 Å². The van der Waals surface area contributed by atoms with Gasteiger partial charge in [0.15, 0.2) is 0 Å². The van der Waals surface area contributed by atoms with E-state index in [-0.39, 0.29) is 0 Å². The number of rotatable bonds is 45. The first-order chi connectivity index (χ1) is 27.5. The average Bonchev–Trinajstić information content (AvgIpc) is 3.20. The fourth-order valence-electron chi connectivity index (χ4n) is 8.14. The van der Waals surface area contributed by atoms with Gasteiger partial charge in [-0.2, -0.15) is 0 Å². The Balaban J connectivity index is 5.26. The topological polar surface area (TPSA) is 69.9 Å². The average molecular weight is 791 g/mol. The number of nitrogens with zero attached hydrogens (tertiary/aromatic N) is 3. The van der Waals surface area contributed by atoms with Crippen molar-refractivity contribution in [2.24, 2.45) is 5.84 Å². The van der Waals surface area contributed by atoms with E-state index >= 15 is 0 Å². The molecule has 0 radical (unpaired) electrons. The van der Waals surface area contributed by atoms with Crippen LogP contribution >= 0.6 is 0 Å². The highest BCUT2D eigenvalue weighted by Crippen LogP contribution is 2.17. The van der Waals surface area contributed by atoms with Crippen LogP contribution in [-0.4, -0.2) is 53.0 Å². The van der Waals surface area contributed by atoms with Gasteiger partial charge >= 0.3 is 11.8 Å². The lowest BCUT2D eigenvalue weighted by Crippen LogP contribution is -2.55. The van der Waals surface area contributed by atoms with Gasteiger partial charge in [0.25, 0.3) is 0 Å². The Bertz CT molecular complexity index is 784. The molecular formula is C50H102N4O2. The van der Waals surface area contributed by atoms with Crippen molar-refractivity contribution in [2.45, 2.75) is 285 Å². The molecule has 6 nitrogen and oxygen atoms in total. The number of hydrazine groups is 2. The minimum Gasteiger partial charge on any atom is -0.272 e. The van der Waals surface area contributed by atoms with Crippen molar-refractivity contribution in [3.8, 4) is 0 Å². The molecule has 0 spiro atoms. The van der Waals surface area contributed by atoms with Crippen LogP contribution in [0.2, 0.25) is 0 Å². The summed E-state index contributed by atoms with van der Waals surface area (Å²) in [5.74, 6) is 5.42. The molecule has 0 aliphatic carbocycles. The van der Waals surface area contributed by atoms with Crippen molar-refractivity contribution in [2.75, 3.05) is 26.2 Å². The maximum Gasteiger partial charge on any atom is 0.327 e. The minimum atomic E-state index is -0.524. The second kappa shape index (κ2) is 45.0. The van der Waals surface area contributed by atoms with Gasteiger partial charge in [0, 0.05) is 26.2 Å². The molecule has 2 amide bonds. The number of carbonyl (C=O) groups excluding carboxylic acids is 2. The fraction of sp³-hybridized carbons (Fsp3) is 0.960. The number of unbranched alkanes of at least 4 members (excludes halogenated alkanes) is 36. The smallest absolute Gasteiger partial charge is 0.272 e. The van der Waals surface area contributed by atoms with Gasteiger partial charge in [0.2, 0.25) is 0 Å². The summed E-state index contributed by atoms with van der Waals surface area (Å²) in [7, 11) is 0. The van der Waals surface area contributed by atoms with Crippen molar-refractivity contribution in [3.05, 3.63) is 0 Å². The third kappa shape index (κ3) is 36.0. The Morgan fingerprint density at radius 3 is 0.768 bits per heavy atom. The van der Waals surface area contributed by atoms with Crippen LogP contribution in [0.4, 0.5) is 0 Å². The van der Waals surface area contributed by atoms with Crippen LogP contribution in [-0.2, 0) is 9.59 Å². The first kappa shape index (κ1) is 54.9. The molecule has 0 bridgehead atoms. The number of hydrogen-bond donors (Lipinski definition) is 1. The first-order valence-electron chi connectivity index (χ1n) is 25.7. The van der Waals surface area contributed by atoms with E-state index in [1.54, 1.807) is 0 Å². The van der Waals surface area contributed by atoms with Crippen LogP contribution < -0.4 is 5.84 Å². The molecule has 0 rings (SSSR count). The molecule has 0 aromatic rings. The molecule has 0 saturated carbocycles. The molecule has 0 fully saturated rings. The van der Waals surface area contributed by atoms with Crippen molar-refractivity contribution >= 4 is 11.8 Å². The molecule has 0 atom stereocenters. The molecule has 0 unspecified atom stereocenters. The van der Waals surface area contributed by atoms with Gasteiger partial charge < -0.3 is 0 Å². The maximum absolute atomic E-state index is 14.1. The summed E-state index contributed by atoms with van der Waals surface area (Å²) in [5.41, 5.74) is 0. The van der Waals surface area contributed by atoms with Crippen molar-refractivity contribution < 1.29 is 9.59 Å². The van der Waals surface area contributed by atoms with Crippen LogP contribution in [0.15, 0.2) is 0 Å². The van der Waals surface area contributed by atoms with Crippen molar-refractivity contribution in [1.82, 2.24) is 15.0 Å². The van der Waals surface area contributed by atoms with Gasteiger partial charge in [-0.05, 0) is 25.7 Å². The summed E-state index contributed by atoms with van der Waals surface area (Å²) in [6.07, 6.45) is 50.9. The van der Waals surface area contributed by atoms with E-state index in [2.05, 4.69) is 32.7 Å². The van der Waals surface area contributed by atoms with Crippen LogP contribution in [0, 0.1) is 0 Å². The lowest BCUT2D eigenvalue weighted by atomic mass is 10.1. The molecule has 0 heterocycles. The molecule has 56 heavy (non-hydrogen) atoms. The third-order valence-electron chi connectivity index (χ3n) is 12.0. The van der Waals surface area contributed by atoms with E-state index in [0.717, 1.165) is 51.6 Å². The van der Waals surface area contributed by atoms with Gasteiger partial charge in [-0.3, -0.25) is 19.6 Å². The molecule has 0 aromatic heterocycles. The van der Waals surface area contributed by atoms with E-state index in [1.807, 2.05) is 5.01 Å². The molecule has 0 aromatic carbocycles. The Morgan fingerprint density at radius 1 is 0.286 bits per heavy atom. The Morgan fingerprint density at radius 2 is 0.500 bits per heavy atom. The summed E-state index contributed by atoms with van der Waals surface area (Å²) in [5, 5.41) is 5.36. The SMILES string of the molecule is CCCCCCCCCCCCN(N)C(=O)C(=O)N(CCCCCCCCCCCC)N(CCCCCCCCCCCC)CCCCCCCCCCCC. The van der Waals surface area contributed by atoms with Crippen LogP contribution in [0.25, 0.3) is 0 Å². The zero-order chi connectivity index (χ0) is 41.0. The van der Waals surface area contributed by atoms with Gasteiger partial charge in [-0.25, -0.2) is 10.9 Å². The molecule has 334 valence electrons. The zero-order valence-electron chi connectivity index (χ0n) is 38.8. The third-order valence-corrected chi connectivity index (χ3v) is 12.0. The molecule has 6 heteroatoms. The van der Waals surface area contributed by atoms with E-state index in [0.29, 0.717) is 13.1 Å². The van der Waals surface area contributed by atoms with E-state index in [1.165, 1.54) is 223 Å². The van der Waals surface area contributed by atoms with Crippen LogP contribution in [0.5, 0.6) is 0 Å². The summed E-state index contributed by atoms with van der Waals surface area (Å²) in [6.45, 7) is 11.9. The molecule has 0 aliphatic rings. The highest BCUT2D eigenvalue weighted by Gasteiger charge is 2.29. The fourth-order valence-corrected chi connectivity index (χ4v) is 8.14. The van der Waals surface area contributed by atoms with Crippen LogP contribution in [0.1, 0.15) is 285 Å². The standard InChI is InChI=1S/C50H102N4O2/c1-5-9-13-17-21-25-29-33-37-41-45-52(46-42-38-34-30-26-22-18-14-10-6-2)54(48-44-40-36-32-28-24-20-16-12-8-4)50(56)49(55)53(51)47-43-39-35-31-27-23-19-15-11-7-3/h5-48,51H2,1-4H3. The Hall–Kier alpha value is -1.14. The summed E-state index contributed by atoms with van der Waals surface area (Å²) >= 11 is 0. The molecular weight excluding hydrogens is 689 g/mol. The summed E-state index contributed by atoms with van der Waals surface area (Å²) in [6, 6.07) is 0. The predicted octanol–water partition coefficient (Wildman–Crippen LogP) is 15.4. The largest absolute Gasteiger partial charge is 0.327 e. The van der Waals surface area contributed by atoms with E-state index < -0.39 is 11.8 Å². The van der Waals surface area contributed by atoms with Gasteiger partial charge in [0.05, 0.1) is 0 Å². The van der Waals surface area contributed by atoms with Gasteiger partial charge in [0.1, 0.15) is 0 Å². The maximum atomic E-state index is 14.1. The number of nitrogens with two attached hydrogens (primary N) is 1. The van der Waals surface area contributed by atoms with E-state index in [9.17, 15) is 9.59 Å². The molecule has 0 saturated heterocycles. The van der Waals surface area contributed by atoms with Crippen molar-refractivity contribution in [3.63, 3.8) is 0 Å². The second-order valence-corrected chi connectivity index (χ2v) is 17.6. The monoisotopic (exact) mass is 791 g/mol. The van der Waals surface area contributed by atoms with E-state index in [4.69, 9.17) is 5.84 Å². The molecule has 0 aliphatic heterocycles. The lowest BCUT2D eigenvalue weighted by Gasteiger charge is -2.35. The van der Waals surface area contributed by atoms with Gasteiger partial charge in [-0.15, -0.1) is 0 Å². The quantitative estimate of drug-likeness (QED) is 0.0219. The molecule has 2 N–H and O–H groups in total. The highest BCUT2D eigenvalue weighted by molar-refractivity contribution is 6.34. The first-order valence-corrected chi connectivity index (χ1v) is 25.7. The number of amides is 2.